The van der Waals surface area contributed by atoms with E-state index in [0.29, 0.717) is 11.7 Å². The lowest BCUT2D eigenvalue weighted by atomic mass is 9.70. The molecule has 0 unspecified atom stereocenters. The summed E-state index contributed by atoms with van der Waals surface area (Å²) in [4.78, 5) is 12.9. The van der Waals surface area contributed by atoms with Crippen LogP contribution < -0.4 is 4.48 Å². The number of hydrogen-bond acceptors (Lipinski definition) is 5. The zero-order valence-electron chi connectivity index (χ0n) is 17.8. The summed E-state index contributed by atoms with van der Waals surface area (Å²) in [6, 6.07) is 8.61. The molecule has 28 heavy (non-hydrogen) atoms. The van der Waals surface area contributed by atoms with E-state index in [0.717, 1.165) is 35.6 Å². The van der Waals surface area contributed by atoms with Crippen molar-refractivity contribution in [3.05, 3.63) is 35.4 Å². The molecular weight excluding hydrogens is 378 g/mol. The maximum atomic E-state index is 12.9. The third-order valence-corrected chi connectivity index (χ3v) is 6.97. The molecule has 7 heteroatoms. The lowest BCUT2D eigenvalue weighted by molar-refractivity contribution is -0.125. The van der Waals surface area contributed by atoms with Gasteiger partial charge in [0.25, 0.3) is 0 Å². The van der Waals surface area contributed by atoms with Gasteiger partial charge >= 0.3 is 0 Å². The average Bonchev–Trinajstić information content (AvgIpc) is 2.88. The molecule has 156 valence electrons. The number of hydrogen-bond donors (Lipinski definition) is 0. The van der Waals surface area contributed by atoms with E-state index in [2.05, 4.69) is 76.4 Å². The van der Waals surface area contributed by atoms with E-state index < -0.39 is 10.4 Å². The van der Waals surface area contributed by atoms with Gasteiger partial charge in [-0.25, -0.2) is 8.42 Å². The van der Waals surface area contributed by atoms with Crippen molar-refractivity contribution in [3.63, 3.8) is 0 Å². The zero-order chi connectivity index (χ0) is 21.5. The maximum absolute atomic E-state index is 12.9. The van der Waals surface area contributed by atoms with Crippen molar-refractivity contribution in [3.8, 4) is 0 Å². The fraction of sp³-hybridized carbons (Fsp3) is 0.571. The highest BCUT2D eigenvalue weighted by molar-refractivity contribution is 7.80. The second-order valence-electron chi connectivity index (χ2n) is 9.25. The number of rotatable bonds is 3. The normalized spacial score (nSPS) is 27.6. The van der Waals surface area contributed by atoms with E-state index in [-0.39, 0.29) is 10.8 Å². The SMILES string of the molecule is CC1(C)[C@H]2CC[C@]1(C)C(=O)/C2=C/c1ccc([N+](C)(C)C)cc1.COS(=O)(=O)[O-]. The van der Waals surface area contributed by atoms with Crippen LogP contribution in [0.15, 0.2) is 29.8 Å². The molecule has 0 saturated heterocycles. The molecule has 2 bridgehead atoms. The van der Waals surface area contributed by atoms with Crippen molar-refractivity contribution < 1.29 is 21.9 Å². The molecule has 0 amide bonds. The van der Waals surface area contributed by atoms with E-state index in [1.165, 1.54) is 5.69 Å². The first kappa shape index (κ1) is 22.7. The Morgan fingerprint density at radius 2 is 1.64 bits per heavy atom. The molecule has 1 aromatic rings. The summed E-state index contributed by atoms with van der Waals surface area (Å²) in [6.07, 6.45) is 4.33. The average molecular weight is 410 g/mol. The summed E-state index contributed by atoms with van der Waals surface area (Å²) in [6.45, 7) is 6.70. The van der Waals surface area contributed by atoms with Gasteiger partial charge in [-0.2, -0.15) is 0 Å². The largest absolute Gasteiger partial charge is 0.726 e. The zero-order valence-corrected chi connectivity index (χ0v) is 18.6. The highest BCUT2D eigenvalue weighted by Crippen LogP contribution is 2.65. The van der Waals surface area contributed by atoms with Crippen molar-refractivity contribution in [2.24, 2.45) is 16.7 Å². The maximum Gasteiger partial charge on any atom is 0.217 e. The van der Waals surface area contributed by atoms with Gasteiger partial charge in [0.2, 0.25) is 10.4 Å². The first-order chi connectivity index (χ1) is 12.6. The van der Waals surface area contributed by atoms with E-state index in [1.807, 2.05) is 0 Å². The third-order valence-electron chi connectivity index (χ3n) is 6.56. The topological polar surface area (TPSA) is 83.5 Å². The minimum Gasteiger partial charge on any atom is -0.726 e. The molecule has 2 aliphatic rings. The summed E-state index contributed by atoms with van der Waals surface area (Å²) in [5.41, 5.74) is 3.40. The number of carbonyl (C=O) groups is 1. The van der Waals surface area contributed by atoms with E-state index in [9.17, 15) is 17.8 Å². The molecule has 0 heterocycles. The summed E-state index contributed by atoms with van der Waals surface area (Å²) >= 11 is 0. The molecule has 2 fully saturated rings. The van der Waals surface area contributed by atoms with E-state index in [1.54, 1.807) is 0 Å². The van der Waals surface area contributed by atoms with Crippen molar-refractivity contribution >= 4 is 27.9 Å². The van der Waals surface area contributed by atoms with Crippen LogP contribution in [-0.2, 0) is 19.4 Å². The van der Waals surface area contributed by atoms with Gasteiger partial charge in [0.1, 0.15) is 5.69 Å². The Bertz CT molecular complexity index is 878. The van der Waals surface area contributed by atoms with Gasteiger partial charge in [0.15, 0.2) is 5.78 Å². The molecule has 0 radical (unpaired) electrons. The minimum absolute atomic E-state index is 0.0954. The Hall–Kier alpha value is -1.54. The molecule has 0 aliphatic heterocycles. The monoisotopic (exact) mass is 409 g/mol. The predicted octanol–water partition coefficient (Wildman–Crippen LogP) is 3.38. The van der Waals surface area contributed by atoms with Crippen LogP contribution in [-0.4, -0.2) is 47.0 Å². The molecule has 2 aliphatic carbocycles. The van der Waals surface area contributed by atoms with E-state index >= 15 is 0 Å². The molecule has 2 atom stereocenters. The van der Waals surface area contributed by atoms with E-state index in [4.69, 9.17) is 0 Å². The minimum atomic E-state index is -4.41. The van der Waals surface area contributed by atoms with Gasteiger partial charge in [0.05, 0.1) is 28.3 Å². The van der Waals surface area contributed by atoms with Gasteiger partial charge in [-0.15, -0.1) is 0 Å². The van der Waals surface area contributed by atoms with Crippen molar-refractivity contribution in [2.45, 2.75) is 33.6 Å². The van der Waals surface area contributed by atoms with Crippen molar-refractivity contribution in [2.75, 3.05) is 28.3 Å². The second kappa shape index (κ2) is 7.37. The summed E-state index contributed by atoms with van der Waals surface area (Å²) in [5.74, 6) is 0.799. The Kier molecular flexibility index (Phi) is 5.99. The molecule has 1 aromatic carbocycles. The lowest BCUT2D eigenvalue weighted by Gasteiger charge is -2.31. The van der Waals surface area contributed by atoms with Crippen LogP contribution >= 0.6 is 0 Å². The summed E-state index contributed by atoms with van der Waals surface area (Å²) in [7, 11) is 2.88. The molecule has 0 spiro atoms. The Balaban J connectivity index is 0.000000409. The first-order valence-corrected chi connectivity index (χ1v) is 10.7. The predicted molar refractivity (Wildman–Crippen MR) is 110 cm³/mol. The van der Waals surface area contributed by atoms with Crippen LogP contribution in [0.25, 0.3) is 6.08 Å². The van der Waals surface area contributed by atoms with Crippen LogP contribution in [0.2, 0.25) is 0 Å². The number of Topliss-reactive ketones (excluding diaryl/α,β-unsaturated/α-hetero) is 1. The number of nitrogens with zero attached hydrogens (tertiary/aromatic N) is 1. The molecule has 6 nitrogen and oxygen atoms in total. The number of benzene rings is 1. The third kappa shape index (κ3) is 4.22. The quantitative estimate of drug-likeness (QED) is 0.331. The number of fused-ring (bicyclic) bond motifs is 2. The van der Waals surface area contributed by atoms with Crippen LogP contribution in [0.3, 0.4) is 0 Å². The number of carbonyl (C=O) groups excluding carboxylic acids is 1. The first-order valence-electron chi connectivity index (χ1n) is 9.33. The van der Waals surface area contributed by atoms with Crippen molar-refractivity contribution in [1.82, 2.24) is 4.48 Å². The van der Waals surface area contributed by atoms with Gasteiger partial charge in [0, 0.05) is 5.41 Å². The lowest BCUT2D eigenvalue weighted by Crippen LogP contribution is -2.34. The molecule has 0 aromatic heterocycles. The van der Waals surface area contributed by atoms with Crippen molar-refractivity contribution in [1.29, 1.82) is 0 Å². The fourth-order valence-corrected chi connectivity index (χ4v) is 4.29. The Morgan fingerprint density at radius 1 is 1.14 bits per heavy atom. The summed E-state index contributed by atoms with van der Waals surface area (Å²) in [5, 5.41) is 0. The molecule has 3 rings (SSSR count). The number of quaternary nitrogens is 1. The number of ketones is 1. The Morgan fingerprint density at radius 3 is 2.00 bits per heavy atom. The highest BCUT2D eigenvalue weighted by Gasteiger charge is 2.63. The van der Waals surface area contributed by atoms with Gasteiger partial charge in [-0.1, -0.05) is 20.8 Å². The molecule has 0 N–H and O–H groups in total. The number of allylic oxidation sites excluding steroid dienone is 1. The fourth-order valence-electron chi connectivity index (χ4n) is 4.29. The van der Waals surface area contributed by atoms with Gasteiger partial charge in [-0.3, -0.25) is 13.5 Å². The summed E-state index contributed by atoms with van der Waals surface area (Å²) < 4.78 is 31.8. The van der Waals surface area contributed by atoms with Crippen LogP contribution in [0.5, 0.6) is 0 Å². The highest BCUT2D eigenvalue weighted by atomic mass is 32.3. The van der Waals surface area contributed by atoms with Crippen LogP contribution in [0.1, 0.15) is 39.2 Å². The van der Waals surface area contributed by atoms with Gasteiger partial charge in [-0.05, 0) is 65.7 Å². The second-order valence-corrected chi connectivity index (χ2v) is 10.4. The molecule has 2 saturated carbocycles. The van der Waals surface area contributed by atoms with Gasteiger partial charge < -0.3 is 4.55 Å². The molecular formula is C21H31NO5S. The van der Waals surface area contributed by atoms with Crippen LogP contribution in [0, 0.1) is 16.7 Å². The van der Waals surface area contributed by atoms with Crippen LogP contribution in [0.4, 0.5) is 5.69 Å². The Labute approximate surface area is 168 Å². The smallest absolute Gasteiger partial charge is 0.217 e. The standard InChI is InChI=1S/C20H28NO.CH4O4S/c1-19(2)17-11-12-20(19,3)18(22)16(17)13-14-7-9-15(10-8-14)21(4,5)6;1-5-6(2,3)4/h7-10,13,17H,11-12H2,1-6H3;1H3,(H,2,3,4)/q+1;/p-1/b16-13+;/t17-,20+;/m0./s1.